The van der Waals surface area contributed by atoms with Gasteiger partial charge in [-0.3, -0.25) is 9.97 Å². The summed E-state index contributed by atoms with van der Waals surface area (Å²) < 4.78 is 6.26. The Morgan fingerprint density at radius 2 is 1.31 bits per heavy atom. The van der Waals surface area contributed by atoms with Gasteiger partial charge in [0, 0.05) is 72.2 Å². The maximum atomic E-state index is 6.26. The molecule has 3 aromatic heterocycles. The van der Waals surface area contributed by atoms with Crippen molar-refractivity contribution in [3.05, 3.63) is 97.6 Å². The molecule has 0 unspecified atom stereocenters. The number of aromatic nitrogens is 4. The predicted molar refractivity (Wildman–Crippen MR) is 183 cm³/mol. The summed E-state index contributed by atoms with van der Waals surface area (Å²) in [4.78, 5) is 20.5. The molecule has 0 bridgehead atoms. The van der Waals surface area contributed by atoms with Crippen molar-refractivity contribution >= 4 is 49.9 Å². The minimum Gasteiger partial charge on any atom is -0.493 e. The Morgan fingerprint density at radius 1 is 0.644 bits per heavy atom. The third-order valence-electron chi connectivity index (χ3n) is 8.58. The molecule has 9 nitrogen and oxygen atoms in total. The van der Waals surface area contributed by atoms with Crippen molar-refractivity contribution in [2.45, 2.75) is 12.8 Å². The maximum absolute atomic E-state index is 6.26. The van der Waals surface area contributed by atoms with Gasteiger partial charge >= 0.3 is 0 Å². The number of nitrogens with one attached hydrogen (secondary N) is 3. The predicted octanol–water partition coefficient (Wildman–Crippen LogP) is 6.45. The smallest absolute Gasteiger partial charge is 0.137 e. The molecule has 0 aliphatic carbocycles. The van der Waals surface area contributed by atoms with Crippen LogP contribution in [0.25, 0.3) is 32.7 Å². The van der Waals surface area contributed by atoms with Gasteiger partial charge in [-0.15, -0.1) is 0 Å². The standard InChI is InChI=1S/C36H38N8O/c1-3-7-31-28(5-1)33(11-15-37-31)39-17-18-41-36-30-10-9-27(23-35(30)42-25-43-36)45-24-26-13-20-44(21-14-26)22-19-40-34-12-16-38-32-8-4-2-6-29(32)34/h1-12,15-16,23,25-26H,13-14,17-22,24H2,(H,37,39)(H,38,40)(H,41,42,43). The largest absolute Gasteiger partial charge is 0.493 e. The van der Waals surface area contributed by atoms with E-state index in [9.17, 15) is 0 Å². The van der Waals surface area contributed by atoms with E-state index in [1.54, 1.807) is 6.33 Å². The van der Waals surface area contributed by atoms with Crippen LogP contribution in [0.5, 0.6) is 5.75 Å². The van der Waals surface area contributed by atoms with Crippen LogP contribution in [0.1, 0.15) is 12.8 Å². The van der Waals surface area contributed by atoms with Crippen LogP contribution in [-0.4, -0.2) is 70.7 Å². The molecule has 1 aliphatic rings. The lowest BCUT2D eigenvalue weighted by molar-refractivity contribution is 0.145. The van der Waals surface area contributed by atoms with E-state index in [0.717, 1.165) is 109 Å². The Hall–Kier alpha value is -5.02. The van der Waals surface area contributed by atoms with Crippen LogP contribution in [0.4, 0.5) is 17.2 Å². The first kappa shape index (κ1) is 28.7. The molecule has 1 saturated heterocycles. The number of hydrogen-bond acceptors (Lipinski definition) is 9. The molecular formula is C36H38N8O. The molecule has 0 spiro atoms. The summed E-state index contributed by atoms with van der Waals surface area (Å²) in [5.41, 5.74) is 5.12. The number of ether oxygens (including phenoxy) is 1. The number of likely N-dealkylation sites (tertiary alicyclic amines) is 1. The Kier molecular flexibility index (Phi) is 8.77. The van der Waals surface area contributed by atoms with Crippen LogP contribution in [0, 0.1) is 5.92 Å². The summed E-state index contributed by atoms with van der Waals surface area (Å²) in [5.74, 6) is 2.24. The zero-order chi connectivity index (χ0) is 30.3. The van der Waals surface area contributed by atoms with Gasteiger partial charge in [0.2, 0.25) is 0 Å². The summed E-state index contributed by atoms with van der Waals surface area (Å²) in [6, 6.07) is 26.6. The summed E-state index contributed by atoms with van der Waals surface area (Å²) in [6.07, 6.45) is 7.61. The van der Waals surface area contributed by atoms with Crippen molar-refractivity contribution in [1.82, 2.24) is 24.8 Å². The summed E-state index contributed by atoms with van der Waals surface area (Å²) >= 11 is 0. The molecule has 45 heavy (non-hydrogen) atoms. The zero-order valence-electron chi connectivity index (χ0n) is 25.3. The minimum absolute atomic E-state index is 0.557. The number of rotatable bonds is 12. The van der Waals surface area contributed by atoms with Gasteiger partial charge in [0.05, 0.1) is 23.2 Å². The van der Waals surface area contributed by atoms with Gasteiger partial charge in [-0.2, -0.15) is 0 Å². The number of benzene rings is 3. The van der Waals surface area contributed by atoms with Gasteiger partial charge < -0.3 is 25.6 Å². The van der Waals surface area contributed by atoms with Crippen molar-refractivity contribution in [3.8, 4) is 5.75 Å². The van der Waals surface area contributed by atoms with Gasteiger partial charge in [-0.1, -0.05) is 36.4 Å². The Morgan fingerprint density at radius 3 is 2.04 bits per heavy atom. The lowest BCUT2D eigenvalue weighted by Gasteiger charge is -2.32. The first-order valence-electron chi connectivity index (χ1n) is 15.8. The molecule has 6 aromatic rings. The molecule has 3 aromatic carbocycles. The second-order valence-electron chi connectivity index (χ2n) is 11.5. The van der Waals surface area contributed by atoms with Crippen LogP contribution in [0.3, 0.4) is 0 Å². The lowest BCUT2D eigenvalue weighted by Crippen LogP contribution is -2.38. The summed E-state index contributed by atoms with van der Waals surface area (Å²) in [7, 11) is 0. The fourth-order valence-corrected chi connectivity index (χ4v) is 6.09. The van der Waals surface area contributed by atoms with Crippen molar-refractivity contribution < 1.29 is 4.74 Å². The first-order chi connectivity index (χ1) is 22.3. The summed E-state index contributed by atoms with van der Waals surface area (Å²) in [5, 5.41) is 13.9. The first-order valence-corrected chi connectivity index (χ1v) is 15.8. The lowest BCUT2D eigenvalue weighted by atomic mass is 9.98. The number of piperidine rings is 1. The molecule has 0 saturated carbocycles. The Bertz CT molecular complexity index is 1880. The van der Waals surface area contributed by atoms with E-state index in [0.29, 0.717) is 5.92 Å². The maximum Gasteiger partial charge on any atom is 0.137 e. The van der Waals surface area contributed by atoms with E-state index in [2.05, 4.69) is 77.2 Å². The molecule has 4 heterocycles. The van der Waals surface area contributed by atoms with Crippen LogP contribution in [-0.2, 0) is 0 Å². The van der Waals surface area contributed by atoms with Crippen LogP contribution < -0.4 is 20.7 Å². The fourth-order valence-electron chi connectivity index (χ4n) is 6.09. The van der Waals surface area contributed by atoms with Crippen molar-refractivity contribution in [1.29, 1.82) is 0 Å². The number of anilines is 3. The van der Waals surface area contributed by atoms with Gasteiger partial charge in [0.1, 0.15) is 17.9 Å². The van der Waals surface area contributed by atoms with Gasteiger partial charge in [-0.25, -0.2) is 9.97 Å². The normalized spacial score (nSPS) is 14.1. The number of para-hydroxylation sites is 2. The van der Waals surface area contributed by atoms with E-state index in [1.807, 2.05) is 54.9 Å². The number of fused-ring (bicyclic) bond motifs is 3. The Balaban J connectivity index is 0.856. The highest BCUT2D eigenvalue weighted by atomic mass is 16.5. The average Bonchev–Trinajstić information content (AvgIpc) is 3.10. The fraction of sp³-hybridized carbons (Fsp3) is 0.278. The molecule has 0 atom stereocenters. The molecule has 0 amide bonds. The number of hydrogen-bond donors (Lipinski definition) is 3. The van der Waals surface area contributed by atoms with E-state index in [4.69, 9.17) is 4.74 Å². The summed E-state index contributed by atoms with van der Waals surface area (Å²) in [6.45, 7) is 6.34. The quantitative estimate of drug-likeness (QED) is 0.137. The third-order valence-corrected chi connectivity index (χ3v) is 8.58. The van der Waals surface area contributed by atoms with Crippen LogP contribution >= 0.6 is 0 Å². The van der Waals surface area contributed by atoms with Crippen LogP contribution in [0.15, 0.2) is 97.6 Å². The highest BCUT2D eigenvalue weighted by molar-refractivity contribution is 5.92. The average molecular weight is 599 g/mol. The SMILES string of the molecule is c1ccc2c(NCCNc3ncnc4cc(OCC5CCN(CCNc6ccnc7ccccc67)CC5)ccc34)ccnc2c1. The molecular weight excluding hydrogens is 560 g/mol. The van der Waals surface area contributed by atoms with E-state index in [-0.39, 0.29) is 0 Å². The van der Waals surface area contributed by atoms with E-state index in [1.165, 1.54) is 5.39 Å². The molecule has 1 fully saturated rings. The molecule has 7 rings (SSSR count). The molecule has 0 radical (unpaired) electrons. The van der Waals surface area contributed by atoms with Gasteiger partial charge in [0.25, 0.3) is 0 Å². The number of nitrogens with zero attached hydrogens (tertiary/aromatic N) is 5. The van der Waals surface area contributed by atoms with Crippen LogP contribution in [0.2, 0.25) is 0 Å². The highest BCUT2D eigenvalue weighted by Gasteiger charge is 2.20. The molecule has 228 valence electrons. The minimum atomic E-state index is 0.557. The van der Waals surface area contributed by atoms with Crippen molar-refractivity contribution in [2.24, 2.45) is 5.92 Å². The monoisotopic (exact) mass is 598 g/mol. The number of pyridine rings is 2. The van der Waals surface area contributed by atoms with Crippen molar-refractivity contribution in [3.63, 3.8) is 0 Å². The molecule has 1 aliphatic heterocycles. The van der Waals surface area contributed by atoms with Gasteiger partial charge in [-0.05, 0) is 68.2 Å². The third kappa shape index (κ3) is 6.89. The Labute approximate surface area is 263 Å². The zero-order valence-corrected chi connectivity index (χ0v) is 25.3. The van der Waals surface area contributed by atoms with E-state index >= 15 is 0 Å². The molecule has 3 N–H and O–H groups in total. The highest BCUT2D eigenvalue weighted by Crippen LogP contribution is 2.26. The second-order valence-corrected chi connectivity index (χ2v) is 11.5. The van der Waals surface area contributed by atoms with E-state index < -0.39 is 0 Å². The second kappa shape index (κ2) is 13.7. The topological polar surface area (TPSA) is 100 Å². The van der Waals surface area contributed by atoms with Crippen molar-refractivity contribution in [2.75, 3.05) is 61.8 Å². The van der Waals surface area contributed by atoms with Gasteiger partial charge in [0.15, 0.2) is 0 Å². The molecule has 9 heteroatoms.